The van der Waals surface area contributed by atoms with Gasteiger partial charge in [-0.25, -0.2) is 0 Å². The molecule has 0 amide bonds. The molecule has 0 bridgehead atoms. The minimum Gasteiger partial charge on any atom is -0.315 e. The molecule has 78 valence electrons. The number of hydrogen-bond donors (Lipinski definition) is 1. The van der Waals surface area contributed by atoms with Crippen LogP contribution in [0.2, 0.25) is 0 Å². The fourth-order valence-corrected chi connectivity index (χ4v) is 1.75. The zero-order valence-corrected chi connectivity index (χ0v) is 9.21. The molecule has 13 heavy (non-hydrogen) atoms. The van der Waals surface area contributed by atoms with Gasteiger partial charge in [-0.15, -0.1) is 0 Å². The quantitative estimate of drug-likeness (QED) is 0.676. The molecule has 0 aromatic rings. The summed E-state index contributed by atoms with van der Waals surface area (Å²) in [4.78, 5) is 4.72. The highest BCUT2D eigenvalue weighted by Crippen LogP contribution is 2.07. The summed E-state index contributed by atoms with van der Waals surface area (Å²) in [6, 6.07) is 0.758. The predicted molar refractivity (Wildman–Crippen MR) is 57.1 cm³/mol. The number of rotatable bonds is 4. The van der Waals surface area contributed by atoms with Gasteiger partial charge >= 0.3 is 0 Å². The van der Waals surface area contributed by atoms with Crippen LogP contribution in [0.15, 0.2) is 0 Å². The molecule has 0 aromatic carbocycles. The Hall–Kier alpha value is -0.120. The average molecular weight is 185 g/mol. The van der Waals surface area contributed by atoms with Gasteiger partial charge < -0.3 is 15.1 Å². The van der Waals surface area contributed by atoms with Crippen molar-refractivity contribution in [3.8, 4) is 0 Å². The van der Waals surface area contributed by atoms with Crippen LogP contribution in [0.25, 0.3) is 0 Å². The number of likely N-dealkylation sites (N-methyl/N-ethyl adjacent to an activating group) is 2. The van der Waals surface area contributed by atoms with Crippen LogP contribution in [-0.4, -0.2) is 63.2 Å². The van der Waals surface area contributed by atoms with Gasteiger partial charge in [0, 0.05) is 25.7 Å². The topological polar surface area (TPSA) is 18.5 Å². The molecule has 1 aliphatic heterocycles. The van der Waals surface area contributed by atoms with Crippen LogP contribution in [0, 0.1) is 0 Å². The van der Waals surface area contributed by atoms with E-state index < -0.39 is 0 Å². The van der Waals surface area contributed by atoms with E-state index in [1.54, 1.807) is 0 Å². The number of hydrogen-bond acceptors (Lipinski definition) is 3. The molecule has 0 radical (unpaired) electrons. The zero-order chi connectivity index (χ0) is 9.68. The summed E-state index contributed by atoms with van der Waals surface area (Å²) in [5, 5.41) is 3.45. The lowest BCUT2D eigenvalue weighted by molar-refractivity contribution is 0.186. The highest BCUT2D eigenvalue weighted by molar-refractivity contribution is 4.76. The standard InChI is InChI=1S/C10H23N3/c1-12(2)7-8-13(3)10-5-4-6-11-9-10/h10-11H,4-9H2,1-3H3/t10-/m1/s1. The van der Waals surface area contributed by atoms with E-state index in [1.165, 1.54) is 32.5 Å². The van der Waals surface area contributed by atoms with Crippen molar-refractivity contribution in [2.75, 3.05) is 47.3 Å². The van der Waals surface area contributed by atoms with Crippen molar-refractivity contribution in [2.24, 2.45) is 0 Å². The molecule has 3 heteroatoms. The van der Waals surface area contributed by atoms with Crippen LogP contribution in [0.1, 0.15) is 12.8 Å². The van der Waals surface area contributed by atoms with Gasteiger partial charge in [-0.3, -0.25) is 0 Å². The Morgan fingerprint density at radius 3 is 2.54 bits per heavy atom. The van der Waals surface area contributed by atoms with Gasteiger partial charge in [0.15, 0.2) is 0 Å². The van der Waals surface area contributed by atoms with Gasteiger partial charge in [0.05, 0.1) is 0 Å². The summed E-state index contributed by atoms with van der Waals surface area (Å²) in [7, 11) is 6.50. The highest BCUT2D eigenvalue weighted by atomic mass is 15.2. The van der Waals surface area contributed by atoms with Crippen molar-refractivity contribution >= 4 is 0 Å². The Morgan fingerprint density at radius 2 is 2.00 bits per heavy atom. The second kappa shape index (κ2) is 5.58. The van der Waals surface area contributed by atoms with Crippen molar-refractivity contribution < 1.29 is 0 Å². The number of piperidine rings is 1. The predicted octanol–water partition coefficient (Wildman–Crippen LogP) is 0.232. The minimum atomic E-state index is 0.758. The maximum Gasteiger partial charge on any atom is 0.0218 e. The first-order valence-electron chi connectivity index (χ1n) is 5.26. The summed E-state index contributed by atoms with van der Waals surface area (Å²) in [5.74, 6) is 0. The summed E-state index contributed by atoms with van der Waals surface area (Å²) in [5.41, 5.74) is 0. The maximum atomic E-state index is 3.45. The Bertz CT molecular complexity index is 130. The van der Waals surface area contributed by atoms with Crippen LogP contribution in [0.5, 0.6) is 0 Å². The normalized spacial score (nSPS) is 24.2. The average Bonchev–Trinajstić information content (AvgIpc) is 2.15. The van der Waals surface area contributed by atoms with Crippen molar-refractivity contribution in [3.05, 3.63) is 0 Å². The van der Waals surface area contributed by atoms with Crippen molar-refractivity contribution in [3.63, 3.8) is 0 Å². The number of nitrogens with one attached hydrogen (secondary N) is 1. The fourth-order valence-electron chi connectivity index (χ4n) is 1.75. The molecular formula is C10H23N3. The summed E-state index contributed by atoms with van der Waals surface area (Å²) < 4.78 is 0. The summed E-state index contributed by atoms with van der Waals surface area (Å²) >= 11 is 0. The third-order valence-electron chi connectivity index (χ3n) is 2.79. The van der Waals surface area contributed by atoms with Crippen LogP contribution in [-0.2, 0) is 0 Å². The van der Waals surface area contributed by atoms with E-state index in [0.717, 1.165) is 12.6 Å². The fraction of sp³-hybridized carbons (Fsp3) is 1.00. The molecule has 1 rings (SSSR count). The third-order valence-corrected chi connectivity index (χ3v) is 2.79. The monoisotopic (exact) mass is 185 g/mol. The van der Waals surface area contributed by atoms with Gasteiger partial charge in [-0.1, -0.05) is 0 Å². The molecular weight excluding hydrogens is 162 g/mol. The molecule has 1 saturated heterocycles. The van der Waals surface area contributed by atoms with E-state index in [4.69, 9.17) is 0 Å². The lowest BCUT2D eigenvalue weighted by Crippen LogP contribution is -2.45. The van der Waals surface area contributed by atoms with Crippen molar-refractivity contribution in [2.45, 2.75) is 18.9 Å². The maximum absolute atomic E-state index is 3.45. The lowest BCUT2D eigenvalue weighted by Gasteiger charge is -2.32. The number of nitrogens with zero attached hydrogens (tertiary/aromatic N) is 2. The van der Waals surface area contributed by atoms with Crippen LogP contribution in [0.4, 0.5) is 0 Å². The molecule has 0 unspecified atom stereocenters. The first-order chi connectivity index (χ1) is 6.20. The van der Waals surface area contributed by atoms with E-state index in [9.17, 15) is 0 Å². The van der Waals surface area contributed by atoms with E-state index in [1.807, 2.05) is 0 Å². The molecule has 1 aliphatic rings. The van der Waals surface area contributed by atoms with Gasteiger partial charge in [0.25, 0.3) is 0 Å². The minimum absolute atomic E-state index is 0.758. The third kappa shape index (κ3) is 4.07. The largest absolute Gasteiger partial charge is 0.315 e. The van der Waals surface area contributed by atoms with Crippen LogP contribution in [0.3, 0.4) is 0 Å². The second-order valence-electron chi connectivity index (χ2n) is 4.28. The van der Waals surface area contributed by atoms with Crippen molar-refractivity contribution in [1.29, 1.82) is 0 Å². The Kier molecular flexibility index (Phi) is 4.70. The first-order valence-corrected chi connectivity index (χ1v) is 5.26. The molecule has 1 N–H and O–H groups in total. The smallest absolute Gasteiger partial charge is 0.0218 e. The first kappa shape index (κ1) is 11.0. The molecule has 3 nitrogen and oxygen atoms in total. The molecule has 0 aromatic heterocycles. The van der Waals surface area contributed by atoms with Crippen molar-refractivity contribution in [1.82, 2.24) is 15.1 Å². The Labute approximate surface area is 82.1 Å². The lowest BCUT2D eigenvalue weighted by atomic mass is 10.1. The van der Waals surface area contributed by atoms with Gasteiger partial charge in [0.2, 0.25) is 0 Å². The van der Waals surface area contributed by atoms with E-state index >= 15 is 0 Å². The summed E-state index contributed by atoms with van der Waals surface area (Å²) in [6.45, 7) is 4.72. The highest BCUT2D eigenvalue weighted by Gasteiger charge is 2.16. The Morgan fingerprint density at radius 1 is 1.23 bits per heavy atom. The van der Waals surface area contributed by atoms with Gasteiger partial charge in [-0.05, 0) is 40.5 Å². The van der Waals surface area contributed by atoms with E-state index in [0.29, 0.717) is 0 Å². The molecule has 0 saturated carbocycles. The molecule has 1 atom stereocenters. The zero-order valence-electron chi connectivity index (χ0n) is 9.21. The Balaban J connectivity index is 2.17. The van der Waals surface area contributed by atoms with E-state index in [-0.39, 0.29) is 0 Å². The van der Waals surface area contributed by atoms with Crippen LogP contribution < -0.4 is 5.32 Å². The molecule has 0 spiro atoms. The molecule has 1 heterocycles. The van der Waals surface area contributed by atoms with Gasteiger partial charge in [0.1, 0.15) is 0 Å². The van der Waals surface area contributed by atoms with Gasteiger partial charge in [-0.2, -0.15) is 0 Å². The molecule has 1 fully saturated rings. The SMILES string of the molecule is CN(C)CCN(C)[C@@H]1CCCNC1. The summed E-state index contributed by atoms with van der Waals surface area (Å²) in [6.07, 6.45) is 2.69. The second-order valence-corrected chi connectivity index (χ2v) is 4.28. The molecule has 0 aliphatic carbocycles. The van der Waals surface area contributed by atoms with E-state index in [2.05, 4.69) is 36.3 Å². The van der Waals surface area contributed by atoms with Crippen LogP contribution >= 0.6 is 0 Å².